The highest BCUT2D eigenvalue weighted by atomic mass is 35.5. The van der Waals surface area contributed by atoms with Crippen LogP contribution in [-0.2, 0) is 25.6 Å². The third kappa shape index (κ3) is 6.32. The van der Waals surface area contributed by atoms with Crippen LogP contribution in [0.5, 0.6) is 0 Å². The van der Waals surface area contributed by atoms with Crippen molar-refractivity contribution in [1.29, 1.82) is 0 Å². The van der Waals surface area contributed by atoms with Crippen molar-refractivity contribution in [2.45, 2.75) is 52.6 Å². The van der Waals surface area contributed by atoms with Crippen LogP contribution in [0.25, 0.3) is 0 Å². The molecule has 1 saturated heterocycles. The van der Waals surface area contributed by atoms with Gasteiger partial charge in [-0.1, -0.05) is 60.8 Å². The molecule has 0 bridgehead atoms. The third-order valence-electron chi connectivity index (χ3n) is 5.16. The molecule has 3 rings (SSSR count). The highest BCUT2D eigenvalue weighted by Crippen LogP contribution is 2.27. The van der Waals surface area contributed by atoms with Crippen LogP contribution in [0.2, 0.25) is 5.02 Å². The topological polar surface area (TPSA) is 88.2 Å². The molecule has 35 heavy (non-hydrogen) atoms. The van der Waals surface area contributed by atoms with E-state index in [0.29, 0.717) is 17.1 Å². The summed E-state index contributed by atoms with van der Waals surface area (Å²) in [4.78, 5) is 42.0. The van der Waals surface area contributed by atoms with Gasteiger partial charge in [-0.05, 0) is 43.5 Å². The van der Waals surface area contributed by atoms with Crippen LogP contribution in [0.4, 0.5) is 10.5 Å². The van der Waals surface area contributed by atoms with E-state index in [1.807, 2.05) is 44.2 Å². The fourth-order valence-corrected chi connectivity index (χ4v) is 3.64. The Morgan fingerprint density at radius 3 is 2.60 bits per heavy atom. The SMILES string of the molecule is CCCC#COC(C(=O)Nc1cc(C)ccc1Cl)N1C(=O)C(OCC)N(Cc2ccccc2)C1=O. The van der Waals surface area contributed by atoms with Crippen LogP contribution < -0.4 is 5.32 Å². The van der Waals surface area contributed by atoms with Crippen molar-refractivity contribution in [1.82, 2.24) is 9.80 Å². The van der Waals surface area contributed by atoms with Gasteiger partial charge in [0, 0.05) is 13.0 Å². The lowest BCUT2D eigenvalue weighted by atomic mass is 10.2. The Bertz CT molecular complexity index is 1130. The lowest BCUT2D eigenvalue weighted by molar-refractivity contribution is -0.151. The van der Waals surface area contributed by atoms with Crippen LogP contribution in [0.3, 0.4) is 0 Å². The maximum Gasteiger partial charge on any atom is 0.333 e. The molecule has 0 radical (unpaired) electrons. The Morgan fingerprint density at radius 2 is 1.91 bits per heavy atom. The van der Waals surface area contributed by atoms with Gasteiger partial charge in [-0.2, -0.15) is 0 Å². The number of benzene rings is 2. The zero-order chi connectivity index (χ0) is 25.4. The maximum absolute atomic E-state index is 13.4. The van der Waals surface area contributed by atoms with Crippen LogP contribution in [-0.4, -0.2) is 46.7 Å². The minimum absolute atomic E-state index is 0.117. The molecule has 8 nitrogen and oxygen atoms in total. The van der Waals surface area contributed by atoms with Gasteiger partial charge in [0.1, 0.15) is 6.11 Å². The minimum atomic E-state index is -1.64. The second kappa shape index (κ2) is 12.2. The number of carbonyl (C=O) groups is 3. The molecule has 9 heteroatoms. The van der Waals surface area contributed by atoms with Crippen LogP contribution in [0.1, 0.15) is 37.8 Å². The standard InChI is InChI=1S/C26H28ClN3O5/c1-4-6-10-15-35-24(22(31)28-21-16-18(3)13-14-20(21)27)30-23(32)25(34-5-2)29(26(30)33)17-19-11-8-7-9-12-19/h7-9,11-14,16,24-25H,4-6,17H2,1-3H3,(H,28,31). The van der Waals surface area contributed by atoms with Gasteiger partial charge in [0.25, 0.3) is 18.0 Å². The molecule has 0 saturated carbocycles. The van der Waals surface area contributed by atoms with Crippen molar-refractivity contribution in [3.63, 3.8) is 0 Å². The van der Waals surface area contributed by atoms with Crippen molar-refractivity contribution < 1.29 is 23.9 Å². The molecule has 1 N–H and O–H groups in total. The number of hydrogen-bond donors (Lipinski definition) is 1. The first kappa shape index (κ1) is 26.1. The first-order chi connectivity index (χ1) is 16.9. The molecular formula is C26H28ClN3O5. The number of amides is 4. The highest BCUT2D eigenvalue weighted by Gasteiger charge is 2.51. The number of aryl methyl sites for hydroxylation is 1. The third-order valence-corrected chi connectivity index (χ3v) is 5.49. The number of unbranched alkanes of at least 4 members (excludes halogenated alkanes) is 1. The molecule has 1 aliphatic rings. The molecule has 0 aromatic heterocycles. The predicted octanol–water partition coefficient (Wildman–Crippen LogP) is 4.52. The smallest absolute Gasteiger partial charge is 0.333 e. The number of hydrogen-bond acceptors (Lipinski definition) is 5. The van der Waals surface area contributed by atoms with Gasteiger partial charge in [-0.25, -0.2) is 9.69 Å². The maximum atomic E-state index is 13.4. The minimum Gasteiger partial charge on any atom is -0.410 e. The van der Waals surface area contributed by atoms with E-state index in [2.05, 4.69) is 17.3 Å². The highest BCUT2D eigenvalue weighted by molar-refractivity contribution is 6.33. The second-order valence-corrected chi connectivity index (χ2v) is 8.29. The number of ether oxygens (including phenoxy) is 2. The van der Waals surface area contributed by atoms with Crippen molar-refractivity contribution >= 4 is 35.1 Å². The summed E-state index contributed by atoms with van der Waals surface area (Å²) in [7, 11) is 0. The van der Waals surface area contributed by atoms with Gasteiger partial charge in [0.15, 0.2) is 0 Å². The number of imide groups is 1. The van der Waals surface area contributed by atoms with E-state index in [0.717, 1.165) is 22.4 Å². The Morgan fingerprint density at radius 1 is 1.17 bits per heavy atom. The van der Waals surface area contributed by atoms with E-state index in [4.69, 9.17) is 21.1 Å². The summed E-state index contributed by atoms with van der Waals surface area (Å²) in [5.74, 6) is 1.30. The molecule has 1 fully saturated rings. The summed E-state index contributed by atoms with van der Waals surface area (Å²) < 4.78 is 11.1. The van der Waals surface area contributed by atoms with Gasteiger partial charge < -0.3 is 14.8 Å². The summed E-state index contributed by atoms with van der Waals surface area (Å²) in [5.41, 5.74) is 1.99. The molecule has 4 amide bonds. The number of rotatable bonds is 9. The predicted molar refractivity (Wildman–Crippen MR) is 132 cm³/mol. The lowest BCUT2D eigenvalue weighted by Crippen LogP contribution is -2.49. The second-order valence-electron chi connectivity index (χ2n) is 7.88. The van der Waals surface area contributed by atoms with E-state index in [1.165, 1.54) is 4.90 Å². The van der Waals surface area contributed by atoms with E-state index in [-0.39, 0.29) is 13.2 Å². The normalized spacial score (nSPS) is 16.1. The molecule has 2 aromatic rings. The van der Waals surface area contributed by atoms with Gasteiger partial charge in [0.2, 0.25) is 6.23 Å². The number of carbonyl (C=O) groups excluding carboxylic acids is 3. The number of urea groups is 1. The Hall–Kier alpha value is -3.54. The average molecular weight is 498 g/mol. The van der Waals surface area contributed by atoms with E-state index >= 15 is 0 Å². The zero-order valence-electron chi connectivity index (χ0n) is 19.9. The molecule has 1 aliphatic heterocycles. The molecule has 1 heterocycles. The van der Waals surface area contributed by atoms with Gasteiger partial charge in [-0.3, -0.25) is 14.5 Å². The van der Waals surface area contributed by atoms with Crippen molar-refractivity contribution in [2.24, 2.45) is 0 Å². The molecule has 184 valence electrons. The molecule has 0 spiro atoms. The molecular weight excluding hydrogens is 470 g/mol. The number of nitrogens with one attached hydrogen (secondary N) is 1. The average Bonchev–Trinajstić information content (AvgIpc) is 3.06. The molecule has 2 unspecified atom stereocenters. The monoisotopic (exact) mass is 497 g/mol. The molecule has 2 atom stereocenters. The largest absolute Gasteiger partial charge is 0.410 e. The fourth-order valence-electron chi connectivity index (χ4n) is 3.48. The van der Waals surface area contributed by atoms with E-state index < -0.39 is 30.3 Å². The van der Waals surface area contributed by atoms with E-state index in [9.17, 15) is 14.4 Å². The number of anilines is 1. The van der Waals surface area contributed by atoms with E-state index in [1.54, 1.807) is 25.1 Å². The first-order valence-corrected chi connectivity index (χ1v) is 11.7. The summed E-state index contributed by atoms with van der Waals surface area (Å²) >= 11 is 6.23. The fraction of sp³-hybridized carbons (Fsp3) is 0.346. The summed E-state index contributed by atoms with van der Waals surface area (Å²) in [5, 5.41) is 2.95. The quantitative estimate of drug-likeness (QED) is 0.406. The van der Waals surface area contributed by atoms with Gasteiger partial charge in [-0.15, -0.1) is 0 Å². The number of halogens is 1. The lowest BCUT2D eigenvalue weighted by Gasteiger charge is -2.23. The van der Waals surface area contributed by atoms with Gasteiger partial charge >= 0.3 is 6.03 Å². The zero-order valence-corrected chi connectivity index (χ0v) is 20.7. The van der Waals surface area contributed by atoms with Crippen LogP contribution in [0, 0.1) is 19.0 Å². The number of nitrogens with zero attached hydrogens (tertiary/aromatic N) is 2. The van der Waals surface area contributed by atoms with Crippen molar-refractivity contribution in [3.8, 4) is 12.0 Å². The Kier molecular flexibility index (Phi) is 9.12. The summed E-state index contributed by atoms with van der Waals surface area (Å²) in [6.45, 7) is 5.82. The molecule has 0 aliphatic carbocycles. The van der Waals surface area contributed by atoms with Gasteiger partial charge in [0.05, 0.1) is 17.3 Å². The first-order valence-electron chi connectivity index (χ1n) is 11.4. The van der Waals surface area contributed by atoms with Crippen LogP contribution in [0.15, 0.2) is 48.5 Å². The summed E-state index contributed by atoms with van der Waals surface area (Å²) in [6, 6.07) is 13.6. The Labute approximate surface area is 210 Å². The summed E-state index contributed by atoms with van der Waals surface area (Å²) in [6.07, 6.45) is 0.936. The van der Waals surface area contributed by atoms with Crippen molar-refractivity contribution in [2.75, 3.05) is 11.9 Å². The molecule has 2 aromatic carbocycles. The Balaban J connectivity index is 1.93. The van der Waals surface area contributed by atoms with Crippen molar-refractivity contribution in [3.05, 3.63) is 64.7 Å². The van der Waals surface area contributed by atoms with Crippen LogP contribution >= 0.6 is 11.6 Å².